The van der Waals surface area contributed by atoms with Crippen molar-refractivity contribution in [2.45, 2.75) is 115 Å². The smallest absolute Gasteiger partial charge is 0.0448 e. The molecule has 0 amide bonds. The van der Waals surface area contributed by atoms with Gasteiger partial charge in [0.15, 0.2) is 0 Å². The van der Waals surface area contributed by atoms with Crippen LogP contribution in [0.25, 0.3) is 0 Å². The van der Waals surface area contributed by atoms with Crippen LogP contribution >= 0.6 is 0 Å². The summed E-state index contributed by atoms with van der Waals surface area (Å²) in [6.07, 6.45) is 7.80. The predicted octanol–water partition coefficient (Wildman–Crippen LogP) is 8.11. The van der Waals surface area contributed by atoms with Crippen LogP contribution in [0.3, 0.4) is 0 Å². The fourth-order valence-electron chi connectivity index (χ4n) is 0.289. The summed E-state index contributed by atoms with van der Waals surface area (Å²) in [5.41, 5.74) is 0. The van der Waals surface area contributed by atoms with Crippen LogP contribution in [0.2, 0.25) is 0 Å². The normalized spacial score (nSPS) is 7.33. The molecule has 0 aromatic carbocycles. The zero-order valence-electron chi connectivity index (χ0n) is 15.8. The van der Waals surface area contributed by atoms with E-state index in [0.717, 1.165) is 5.92 Å². The van der Waals surface area contributed by atoms with E-state index < -0.39 is 0 Å². The Kier molecular flexibility index (Phi) is 91.9. The first-order chi connectivity index (χ1) is 8.55. The van der Waals surface area contributed by atoms with Gasteiger partial charge in [0.25, 0.3) is 0 Å². The maximum Gasteiger partial charge on any atom is -0.0448 e. The van der Waals surface area contributed by atoms with E-state index in [1.54, 1.807) is 0 Å². The van der Waals surface area contributed by atoms with Crippen molar-refractivity contribution < 1.29 is 0 Å². The molecule has 18 heavy (non-hydrogen) atoms. The van der Waals surface area contributed by atoms with Crippen LogP contribution in [-0.2, 0) is 0 Å². The summed E-state index contributed by atoms with van der Waals surface area (Å²) in [5.74, 6) is 0.935. The molecule has 0 radical (unpaired) electrons. The largest absolute Gasteiger partial charge is 0.0683 e. The molecule has 0 aromatic rings. The first-order valence-electron chi connectivity index (χ1n) is 8.55. The van der Waals surface area contributed by atoms with Crippen LogP contribution in [0.1, 0.15) is 115 Å². The number of hydrogen-bond acceptors (Lipinski definition) is 0. The van der Waals surface area contributed by atoms with Crippen LogP contribution in [-0.4, -0.2) is 0 Å². The van der Waals surface area contributed by atoms with Gasteiger partial charge in [0.05, 0.1) is 0 Å². The van der Waals surface area contributed by atoms with E-state index in [1.165, 1.54) is 38.5 Å². The van der Waals surface area contributed by atoms with Gasteiger partial charge >= 0.3 is 0 Å². The van der Waals surface area contributed by atoms with Gasteiger partial charge < -0.3 is 0 Å². The van der Waals surface area contributed by atoms with E-state index in [2.05, 4.69) is 62.3 Å². The van der Waals surface area contributed by atoms with Gasteiger partial charge in [-0.05, 0) is 5.92 Å². The Hall–Kier alpha value is 0. The van der Waals surface area contributed by atoms with Crippen molar-refractivity contribution in [3.05, 3.63) is 0 Å². The molecule has 0 heterocycles. The van der Waals surface area contributed by atoms with Crippen LogP contribution in [0, 0.1) is 5.92 Å². The van der Waals surface area contributed by atoms with Crippen LogP contribution in [0.5, 0.6) is 0 Å². The Balaban J connectivity index is -0.0000000416. The highest BCUT2D eigenvalue weighted by atomic mass is 13.9. The quantitative estimate of drug-likeness (QED) is 0.482. The van der Waals surface area contributed by atoms with Gasteiger partial charge in [-0.3, -0.25) is 0 Å². The highest BCUT2D eigenvalue weighted by Crippen LogP contribution is 2.02. The lowest BCUT2D eigenvalue weighted by molar-refractivity contribution is 0.544. The topological polar surface area (TPSA) is 0 Å². The molecular formula is C18H46. The van der Waals surface area contributed by atoms with Crippen LogP contribution in [0.4, 0.5) is 0 Å². The van der Waals surface area contributed by atoms with Gasteiger partial charge in [0.1, 0.15) is 0 Å². The van der Waals surface area contributed by atoms with Gasteiger partial charge in [-0.25, -0.2) is 0 Å². The van der Waals surface area contributed by atoms with Crippen LogP contribution in [0.15, 0.2) is 0 Å². The second-order valence-corrected chi connectivity index (χ2v) is 4.34. The minimum absolute atomic E-state index is 0.935. The summed E-state index contributed by atoms with van der Waals surface area (Å²) in [5, 5.41) is 0. The predicted molar refractivity (Wildman–Crippen MR) is 93.6 cm³/mol. The van der Waals surface area contributed by atoms with Gasteiger partial charge in [0, 0.05) is 0 Å². The molecule has 0 atom stereocenters. The SMILES string of the molecule is CC.CCC.CCC.CCC(C)CC.CCCC. The molecule has 0 saturated carbocycles. The molecule has 0 spiro atoms. The average molecular weight is 263 g/mol. The van der Waals surface area contributed by atoms with Gasteiger partial charge in [-0.15, -0.1) is 0 Å². The Bertz CT molecular complexity index is 49.1. The molecule has 0 nitrogen and oxygen atoms in total. The fourth-order valence-corrected chi connectivity index (χ4v) is 0.289. The van der Waals surface area contributed by atoms with Crippen molar-refractivity contribution >= 4 is 0 Å². The summed E-state index contributed by atoms with van der Waals surface area (Å²) in [6, 6.07) is 0. The summed E-state index contributed by atoms with van der Waals surface area (Å²) in [6.45, 7) is 23.6. The highest BCUT2D eigenvalue weighted by molar-refractivity contribution is 4.41. The first-order valence-corrected chi connectivity index (χ1v) is 8.55. The Morgan fingerprint density at radius 2 is 0.722 bits per heavy atom. The lowest BCUT2D eigenvalue weighted by Gasteiger charge is -1.98. The van der Waals surface area contributed by atoms with E-state index in [0.29, 0.717) is 0 Å². The second kappa shape index (κ2) is 53.7. The van der Waals surface area contributed by atoms with Crippen molar-refractivity contribution in [2.24, 2.45) is 5.92 Å². The average Bonchev–Trinajstić information content (AvgIpc) is 2.42. The van der Waals surface area contributed by atoms with Crippen molar-refractivity contribution in [3.63, 3.8) is 0 Å². The first kappa shape index (κ1) is 30.8. The highest BCUT2D eigenvalue weighted by Gasteiger charge is 1.88. The van der Waals surface area contributed by atoms with Gasteiger partial charge in [-0.1, -0.05) is 115 Å². The van der Waals surface area contributed by atoms with Crippen molar-refractivity contribution in [3.8, 4) is 0 Å². The third kappa shape index (κ3) is 144. The Morgan fingerprint density at radius 1 is 0.556 bits per heavy atom. The third-order valence-corrected chi connectivity index (χ3v) is 1.89. The lowest BCUT2D eigenvalue weighted by atomic mass is 10.1. The molecule has 0 heteroatoms. The number of rotatable bonds is 3. The summed E-state index contributed by atoms with van der Waals surface area (Å²) < 4.78 is 0. The lowest BCUT2D eigenvalue weighted by Crippen LogP contribution is -1.85. The number of hydrogen-bond donors (Lipinski definition) is 0. The number of unbranched alkanes of at least 4 members (excludes halogenated alkanes) is 1. The zero-order valence-corrected chi connectivity index (χ0v) is 15.8. The molecule has 118 valence electrons. The maximum atomic E-state index is 2.28. The van der Waals surface area contributed by atoms with E-state index in [4.69, 9.17) is 0 Å². The molecule has 0 aliphatic carbocycles. The molecule has 0 unspecified atom stereocenters. The van der Waals surface area contributed by atoms with E-state index in [1.807, 2.05) is 13.8 Å². The van der Waals surface area contributed by atoms with E-state index >= 15 is 0 Å². The standard InChI is InChI=1S/C6H14.C4H10.2C3H8.C2H6/c1-4-6(3)5-2;1-3-4-2;2*1-3-2;1-2/h6H,4-5H2,1-3H3;3-4H2,1-2H3;2*3H2,1-2H3;1-2H3. The molecule has 0 aliphatic rings. The van der Waals surface area contributed by atoms with E-state index in [9.17, 15) is 0 Å². The van der Waals surface area contributed by atoms with Crippen LogP contribution < -0.4 is 0 Å². The van der Waals surface area contributed by atoms with Gasteiger partial charge in [-0.2, -0.15) is 0 Å². The molecular weight excluding hydrogens is 216 g/mol. The van der Waals surface area contributed by atoms with Crippen molar-refractivity contribution in [2.75, 3.05) is 0 Å². The Labute approximate surface area is 121 Å². The molecule has 0 N–H and O–H groups in total. The molecule has 0 rings (SSSR count). The zero-order chi connectivity index (χ0) is 15.8. The minimum atomic E-state index is 0.935. The van der Waals surface area contributed by atoms with Crippen molar-refractivity contribution in [1.29, 1.82) is 0 Å². The monoisotopic (exact) mass is 262 g/mol. The van der Waals surface area contributed by atoms with E-state index in [-0.39, 0.29) is 0 Å². The molecule has 0 aromatic heterocycles. The minimum Gasteiger partial charge on any atom is -0.0683 e. The molecule has 0 fully saturated rings. The molecule has 0 bridgehead atoms. The van der Waals surface area contributed by atoms with Crippen molar-refractivity contribution in [1.82, 2.24) is 0 Å². The maximum absolute atomic E-state index is 2.28. The molecule has 0 aliphatic heterocycles. The fraction of sp³-hybridized carbons (Fsp3) is 1.00. The molecule has 0 saturated heterocycles. The summed E-state index contributed by atoms with van der Waals surface area (Å²) in [7, 11) is 0. The summed E-state index contributed by atoms with van der Waals surface area (Å²) >= 11 is 0. The van der Waals surface area contributed by atoms with Gasteiger partial charge in [0.2, 0.25) is 0 Å². The second-order valence-electron chi connectivity index (χ2n) is 4.34. The third-order valence-electron chi connectivity index (χ3n) is 1.89. The Morgan fingerprint density at radius 3 is 0.722 bits per heavy atom. The summed E-state index contributed by atoms with van der Waals surface area (Å²) in [4.78, 5) is 0.